The zero-order valence-corrected chi connectivity index (χ0v) is 17.2. The summed E-state index contributed by atoms with van der Waals surface area (Å²) >= 11 is 0. The van der Waals surface area contributed by atoms with Gasteiger partial charge in [0.15, 0.2) is 0 Å². The van der Waals surface area contributed by atoms with E-state index in [1.165, 1.54) is 11.3 Å². The lowest BCUT2D eigenvalue weighted by molar-refractivity contribution is -0.133. The van der Waals surface area contributed by atoms with Crippen molar-refractivity contribution in [1.29, 1.82) is 0 Å². The fourth-order valence-corrected chi connectivity index (χ4v) is 3.82. The molecule has 28 heavy (non-hydrogen) atoms. The molecule has 0 atom stereocenters. The Bertz CT molecular complexity index is 751. The third kappa shape index (κ3) is 4.61. The number of hydrogen-bond donors (Lipinski definition) is 0. The van der Waals surface area contributed by atoms with E-state index in [1.807, 2.05) is 17.9 Å². The summed E-state index contributed by atoms with van der Waals surface area (Å²) in [5.41, 5.74) is 1.91. The minimum atomic E-state index is -0.244. The van der Waals surface area contributed by atoms with E-state index < -0.39 is 0 Å². The van der Waals surface area contributed by atoms with E-state index in [1.54, 1.807) is 12.1 Å². The van der Waals surface area contributed by atoms with Gasteiger partial charge in [0.05, 0.1) is 11.1 Å². The van der Waals surface area contributed by atoms with Crippen LogP contribution in [0.25, 0.3) is 0 Å². The summed E-state index contributed by atoms with van der Waals surface area (Å²) in [4.78, 5) is 43.0. The van der Waals surface area contributed by atoms with Crippen LogP contribution < -0.4 is 0 Å². The smallest absolute Gasteiger partial charge is 0.261 e. The molecule has 0 bridgehead atoms. The SMILES string of the molecule is Cc1ccc2c(c1)C(=O)N(CCCC(=O)N1CCN(CCC(C)C)CC1)C2=O. The van der Waals surface area contributed by atoms with Gasteiger partial charge < -0.3 is 4.90 Å². The lowest BCUT2D eigenvalue weighted by atomic mass is 10.1. The highest BCUT2D eigenvalue weighted by atomic mass is 16.2. The van der Waals surface area contributed by atoms with Crippen LogP contribution in [-0.2, 0) is 4.79 Å². The molecule has 152 valence electrons. The summed E-state index contributed by atoms with van der Waals surface area (Å²) in [5, 5.41) is 0. The minimum Gasteiger partial charge on any atom is -0.340 e. The van der Waals surface area contributed by atoms with Gasteiger partial charge in [-0.15, -0.1) is 0 Å². The first-order valence-corrected chi connectivity index (χ1v) is 10.3. The van der Waals surface area contributed by atoms with Gasteiger partial charge in [-0.25, -0.2) is 0 Å². The van der Waals surface area contributed by atoms with Crippen molar-refractivity contribution < 1.29 is 14.4 Å². The van der Waals surface area contributed by atoms with Crippen molar-refractivity contribution in [3.63, 3.8) is 0 Å². The molecule has 2 aliphatic heterocycles. The van der Waals surface area contributed by atoms with Gasteiger partial charge in [0.1, 0.15) is 0 Å². The van der Waals surface area contributed by atoms with Crippen molar-refractivity contribution in [3.05, 3.63) is 34.9 Å². The summed E-state index contributed by atoms with van der Waals surface area (Å²) < 4.78 is 0. The number of rotatable bonds is 7. The Balaban J connectivity index is 1.43. The molecule has 0 aliphatic carbocycles. The van der Waals surface area contributed by atoms with Gasteiger partial charge in [-0.05, 0) is 44.4 Å². The number of aryl methyl sites for hydroxylation is 1. The summed E-state index contributed by atoms with van der Waals surface area (Å²) in [6.07, 6.45) is 2.07. The average Bonchev–Trinajstić information content (AvgIpc) is 2.91. The Labute approximate surface area is 167 Å². The zero-order valence-electron chi connectivity index (χ0n) is 17.2. The van der Waals surface area contributed by atoms with Crippen LogP contribution in [0.2, 0.25) is 0 Å². The summed E-state index contributed by atoms with van der Waals surface area (Å²) in [7, 11) is 0. The first kappa shape index (κ1) is 20.5. The van der Waals surface area contributed by atoms with E-state index in [4.69, 9.17) is 0 Å². The number of carbonyl (C=O) groups excluding carboxylic acids is 3. The molecule has 0 aromatic heterocycles. The van der Waals surface area contributed by atoms with E-state index in [0.717, 1.165) is 38.3 Å². The predicted octanol–water partition coefficient (Wildman–Crippen LogP) is 2.56. The number of piperazine rings is 1. The average molecular weight is 386 g/mol. The van der Waals surface area contributed by atoms with Crippen LogP contribution in [0.5, 0.6) is 0 Å². The lowest BCUT2D eigenvalue weighted by Crippen LogP contribution is -2.49. The maximum absolute atomic E-state index is 12.5. The van der Waals surface area contributed by atoms with Gasteiger partial charge in [0.25, 0.3) is 11.8 Å². The van der Waals surface area contributed by atoms with Gasteiger partial charge in [0.2, 0.25) is 5.91 Å². The van der Waals surface area contributed by atoms with Gasteiger partial charge in [-0.1, -0.05) is 25.5 Å². The standard InChI is InChI=1S/C22H31N3O3/c1-16(2)8-10-23-11-13-24(14-12-23)20(26)5-4-9-25-21(27)18-7-6-17(3)15-19(18)22(25)28/h6-7,15-16H,4-5,8-14H2,1-3H3. The van der Waals surface area contributed by atoms with Gasteiger partial charge in [0, 0.05) is 39.1 Å². The largest absolute Gasteiger partial charge is 0.340 e. The molecule has 0 saturated carbocycles. The lowest BCUT2D eigenvalue weighted by Gasteiger charge is -2.35. The third-order valence-corrected chi connectivity index (χ3v) is 5.65. The van der Waals surface area contributed by atoms with Crippen LogP contribution in [0.3, 0.4) is 0 Å². The minimum absolute atomic E-state index is 0.121. The molecule has 0 unspecified atom stereocenters. The Morgan fingerprint density at radius 2 is 1.68 bits per heavy atom. The van der Waals surface area contributed by atoms with Gasteiger partial charge in [-0.2, -0.15) is 0 Å². The zero-order chi connectivity index (χ0) is 20.3. The second-order valence-electron chi connectivity index (χ2n) is 8.32. The van der Waals surface area contributed by atoms with Gasteiger partial charge in [-0.3, -0.25) is 24.2 Å². The first-order chi connectivity index (χ1) is 13.4. The number of benzene rings is 1. The van der Waals surface area contributed by atoms with E-state index in [0.29, 0.717) is 36.4 Å². The Morgan fingerprint density at radius 1 is 1.00 bits per heavy atom. The van der Waals surface area contributed by atoms with Crippen LogP contribution in [0, 0.1) is 12.8 Å². The topological polar surface area (TPSA) is 60.9 Å². The Morgan fingerprint density at radius 3 is 2.36 bits per heavy atom. The van der Waals surface area contributed by atoms with Crippen molar-refractivity contribution in [2.45, 2.75) is 40.0 Å². The molecular formula is C22H31N3O3. The highest BCUT2D eigenvalue weighted by molar-refractivity contribution is 6.21. The van der Waals surface area contributed by atoms with E-state index >= 15 is 0 Å². The molecule has 0 radical (unpaired) electrons. The van der Waals surface area contributed by atoms with Crippen LogP contribution in [0.1, 0.15) is 59.4 Å². The van der Waals surface area contributed by atoms with Crippen LogP contribution in [0.15, 0.2) is 18.2 Å². The normalized spacial score (nSPS) is 17.6. The molecule has 6 nitrogen and oxygen atoms in total. The van der Waals surface area contributed by atoms with Crippen molar-refractivity contribution in [1.82, 2.24) is 14.7 Å². The second-order valence-corrected chi connectivity index (χ2v) is 8.32. The fraction of sp³-hybridized carbons (Fsp3) is 0.591. The number of fused-ring (bicyclic) bond motifs is 1. The van der Waals surface area contributed by atoms with Crippen molar-refractivity contribution >= 4 is 17.7 Å². The fourth-order valence-electron chi connectivity index (χ4n) is 3.82. The van der Waals surface area contributed by atoms with Crippen LogP contribution in [-0.4, -0.2) is 71.7 Å². The molecule has 6 heteroatoms. The molecule has 3 rings (SSSR count). The van der Waals surface area contributed by atoms with E-state index in [-0.39, 0.29) is 17.7 Å². The van der Waals surface area contributed by atoms with Crippen LogP contribution >= 0.6 is 0 Å². The molecule has 0 spiro atoms. The molecule has 1 saturated heterocycles. The molecule has 0 N–H and O–H groups in total. The third-order valence-electron chi connectivity index (χ3n) is 5.65. The van der Waals surface area contributed by atoms with Crippen molar-refractivity contribution in [2.24, 2.45) is 5.92 Å². The number of hydrogen-bond acceptors (Lipinski definition) is 4. The monoisotopic (exact) mass is 385 g/mol. The number of amides is 3. The molecule has 2 heterocycles. The van der Waals surface area contributed by atoms with E-state index in [9.17, 15) is 14.4 Å². The molecule has 1 fully saturated rings. The number of imide groups is 1. The van der Waals surface area contributed by atoms with Gasteiger partial charge >= 0.3 is 0 Å². The molecule has 1 aromatic carbocycles. The Hall–Kier alpha value is -2.21. The summed E-state index contributed by atoms with van der Waals surface area (Å²) in [6.45, 7) is 11.1. The highest BCUT2D eigenvalue weighted by Crippen LogP contribution is 2.24. The number of carbonyl (C=O) groups is 3. The number of nitrogens with zero attached hydrogens (tertiary/aromatic N) is 3. The second kappa shape index (κ2) is 8.86. The summed E-state index contributed by atoms with van der Waals surface area (Å²) in [6, 6.07) is 5.33. The van der Waals surface area contributed by atoms with Crippen molar-refractivity contribution in [2.75, 3.05) is 39.3 Å². The predicted molar refractivity (Wildman–Crippen MR) is 108 cm³/mol. The van der Waals surface area contributed by atoms with Crippen LogP contribution in [0.4, 0.5) is 0 Å². The van der Waals surface area contributed by atoms with Crippen molar-refractivity contribution in [3.8, 4) is 0 Å². The van der Waals surface area contributed by atoms with E-state index in [2.05, 4.69) is 18.7 Å². The maximum Gasteiger partial charge on any atom is 0.261 e. The first-order valence-electron chi connectivity index (χ1n) is 10.3. The maximum atomic E-state index is 12.5. The summed E-state index contributed by atoms with van der Waals surface area (Å²) in [5.74, 6) is 0.336. The quantitative estimate of drug-likeness (QED) is 0.677. The molecule has 3 amide bonds. The molecule has 2 aliphatic rings. The molecular weight excluding hydrogens is 354 g/mol. The Kier molecular flexibility index (Phi) is 6.50. The molecule has 1 aromatic rings. The highest BCUT2D eigenvalue weighted by Gasteiger charge is 2.35.